The first-order valence-electron chi connectivity index (χ1n) is 5.53. The van der Waals surface area contributed by atoms with Gasteiger partial charge in [-0.25, -0.2) is 4.39 Å². The van der Waals surface area contributed by atoms with Crippen molar-refractivity contribution in [1.82, 2.24) is 5.32 Å². The summed E-state index contributed by atoms with van der Waals surface area (Å²) < 4.78 is 18.8. The van der Waals surface area contributed by atoms with Gasteiger partial charge in [-0.15, -0.1) is 11.8 Å². The quantitative estimate of drug-likeness (QED) is 0.855. The van der Waals surface area contributed by atoms with Gasteiger partial charge in [0.1, 0.15) is 5.82 Å². The van der Waals surface area contributed by atoms with Gasteiger partial charge in [0.2, 0.25) is 0 Å². The lowest BCUT2D eigenvalue weighted by Gasteiger charge is -2.26. The molecule has 0 radical (unpaired) electrons. The summed E-state index contributed by atoms with van der Waals surface area (Å²) >= 11 is 1.72. The molecule has 0 saturated carbocycles. The topological polar surface area (TPSA) is 21.3 Å². The van der Waals surface area contributed by atoms with Crippen molar-refractivity contribution in [2.75, 3.05) is 19.8 Å². The minimum Gasteiger partial charge on any atom is -0.379 e. The highest BCUT2D eigenvalue weighted by atomic mass is 32.2. The van der Waals surface area contributed by atoms with Gasteiger partial charge in [-0.1, -0.05) is 13.0 Å². The molecule has 2 rings (SSSR count). The van der Waals surface area contributed by atoms with Gasteiger partial charge < -0.3 is 10.1 Å². The second kappa shape index (κ2) is 5.66. The molecular formula is C12H16FNOS. The van der Waals surface area contributed by atoms with Crippen LogP contribution >= 0.6 is 11.8 Å². The van der Waals surface area contributed by atoms with Crippen LogP contribution in [0.1, 0.15) is 12.5 Å². The Bertz CT molecular complexity index is 355. The van der Waals surface area contributed by atoms with Gasteiger partial charge in [0.05, 0.1) is 18.5 Å². The van der Waals surface area contributed by atoms with Crippen LogP contribution in [0.25, 0.3) is 0 Å². The summed E-state index contributed by atoms with van der Waals surface area (Å²) in [4.78, 5) is 1.04. The first-order chi connectivity index (χ1) is 7.81. The van der Waals surface area contributed by atoms with Gasteiger partial charge >= 0.3 is 0 Å². The van der Waals surface area contributed by atoms with Gasteiger partial charge in [0, 0.05) is 17.0 Å². The Labute approximate surface area is 99.6 Å². The van der Waals surface area contributed by atoms with Crippen molar-refractivity contribution in [2.45, 2.75) is 23.6 Å². The summed E-state index contributed by atoms with van der Waals surface area (Å²) in [7, 11) is 0. The second-order valence-corrected chi connectivity index (χ2v) is 5.12. The minimum absolute atomic E-state index is 0.119. The van der Waals surface area contributed by atoms with Crippen molar-refractivity contribution >= 4 is 11.8 Å². The van der Waals surface area contributed by atoms with Crippen LogP contribution in [0.4, 0.5) is 4.39 Å². The van der Waals surface area contributed by atoms with Crippen LogP contribution in [0.2, 0.25) is 0 Å². The molecular weight excluding hydrogens is 225 g/mol. The highest BCUT2D eigenvalue weighted by molar-refractivity contribution is 8.00. The molecule has 0 spiro atoms. The SMILES string of the molecule is CCNCc1c(F)cccc1SC1COC1. The van der Waals surface area contributed by atoms with Crippen LogP contribution in [0.15, 0.2) is 23.1 Å². The van der Waals surface area contributed by atoms with Gasteiger partial charge in [0.25, 0.3) is 0 Å². The van der Waals surface area contributed by atoms with Gasteiger partial charge in [-0.2, -0.15) is 0 Å². The van der Waals surface area contributed by atoms with Crippen LogP contribution in [0, 0.1) is 5.82 Å². The van der Waals surface area contributed by atoms with E-state index in [-0.39, 0.29) is 5.82 Å². The molecule has 0 bridgehead atoms. The Morgan fingerprint density at radius 1 is 1.50 bits per heavy atom. The third-order valence-corrected chi connectivity index (χ3v) is 3.77. The van der Waals surface area contributed by atoms with Crippen LogP contribution in [-0.2, 0) is 11.3 Å². The third-order valence-electron chi connectivity index (χ3n) is 2.53. The molecule has 0 aromatic heterocycles. The normalized spacial score (nSPS) is 16.1. The third kappa shape index (κ3) is 2.75. The lowest BCUT2D eigenvalue weighted by atomic mass is 10.2. The van der Waals surface area contributed by atoms with Gasteiger partial charge in [0.15, 0.2) is 0 Å². The fourth-order valence-corrected chi connectivity index (χ4v) is 2.69. The summed E-state index contributed by atoms with van der Waals surface area (Å²) in [5.74, 6) is -0.119. The molecule has 0 aliphatic carbocycles. The molecule has 88 valence electrons. The van der Waals surface area contributed by atoms with Crippen molar-refractivity contribution in [2.24, 2.45) is 0 Å². The van der Waals surface area contributed by atoms with E-state index in [0.29, 0.717) is 11.8 Å². The average molecular weight is 241 g/mol. The number of hydrogen-bond acceptors (Lipinski definition) is 3. The number of ether oxygens (including phenoxy) is 1. The monoisotopic (exact) mass is 241 g/mol. The number of hydrogen-bond donors (Lipinski definition) is 1. The molecule has 1 aliphatic heterocycles. The molecule has 2 nitrogen and oxygen atoms in total. The lowest BCUT2D eigenvalue weighted by Crippen LogP contribution is -2.30. The predicted octanol–water partition coefficient (Wildman–Crippen LogP) is 2.43. The average Bonchev–Trinajstić information content (AvgIpc) is 2.22. The molecule has 1 aliphatic rings. The van der Waals surface area contributed by atoms with E-state index < -0.39 is 0 Å². The summed E-state index contributed by atoms with van der Waals surface area (Å²) in [5.41, 5.74) is 0.779. The zero-order chi connectivity index (χ0) is 11.4. The molecule has 0 atom stereocenters. The van der Waals surface area contributed by atoms with Crippen LogP contribution in [0.5, 0.6) is 0 Å². The molecule has 1 N–H and O–H groups in total. The van der Waals surface area contributed by atoms with Crippen LogP contribution < -0.4 is 5.32 Å². The van der Waals surface area contributed by atoms with Crippen molar-refractivity contribution in [1.29, 1.82) is 0 Å². The second-order valence-electron chi connectivity index (χ2n) is 3.77. The summed E-state index contributed by atoms with van der Waals surface area (Å²) in [5, 5.41) is 3.66. The lowest BCUT2D eigenvalue weighted by molar-refractivity contribution is 0.0455. The van der Waals surface area contributed by atoms with Crippen LogP contribution in [-0.4, -0.2) is 25.0 Å². The molecule has 0 unspecified atom stereocenters. The standard InChI is InChI=1S/C12H16FNOS/c1-2-14-6-10-11(13)4-3-5-12(10)16-9-7-15-8-9/h3-5,9,14H,2,6-8H2,1H3. The van der Waals surface area contributed by atoms with Crippen molar-refractivity contribution < 1.29 is 9.13 Å². The number of halogens is 1. The Kier molecular flexibility index (Phi) is 4.21. The van der Waals surface area contributed by atoms with E-state index in [4.69, 9.17) is 4.74 Å². The molecule has 4 heteroatoms. The maximum Gasteiger partial charge on any atom is 0.128 e. The van der Waals surface area contributed by atoms with Crippen molar-refractivity contribution in [3.63, 3.8) is 0 Å². The van der Waals surface area contributed by atoms with E-state index in [0.717, 1.165) is 30.2 Å². The molecule has 1 aromatic carbocycles. The molecule has 1 aromatic rings. The Hall–Kier alpha value is -0.580. The van der Waals surface area contributed by atoms with Crippen molar-refractivity contribution in [3.8, 4) is 0 Å². The fourth-order valence-electron chi connectivity index (χ4n) is 1.53. The minimum atomic E-state index is -0.119. The number of benzene rings is 1. The largest absolute Gasteiger partial charge is 0.379 e. The molecule has 16 heavy (non-hydrogen) atoms. The first kappa shape index (κ1) is 11.9. The Morgan fingerprint density at radius 2 is 2.31 bits per heavy atom. The molecule has 1 saturated heterocycles. The summed E-state index contributed by atoms with van der Waals surface area (Å²) in [6.45, 7) is 5.03. The van der Waals surface area contributed by atoms with E-state index in [1.807, 2.05) is 13.0 Å². The van der Waals surface area contributed by atoms with E-state index in [1.165, 1.54) is 6.07 Å². The highest BCUT2D eigenvalue weighted by Gasteiger charge is 2.21. The first-order valence-corrected chi connectivity index (χ1v) is 6.41. The molecule has 1 heterocycles. The van der Waals surface area contributed by atoms with Gasteiger partial charge in [-0.05, 0) is 18.7 Å². The van der Waals surface area contributed by atoms with Crippen LogP contribution in [0.3, 0.4) is 0 Å². The maximum absolute atomic E-state index is 13.7. The summed E-state index contributed by atoms with van der Waals surface area (Å²) in [6, 6.07) is 5.28. The Balaban J connectivity index is 2.10. The molecule has 0 amide bonds. The van der Waals surface area contributed by atoms with Crippen molar-refractivity contribution in [3.05, 3.63) is 29.6 Å². The van der Waals surface area contributed by atoms with E-state index in [9.17, 15) is 4.39 Å². The van der Waals surface area contributed by atoms with Gasteiger partial charge in [-0.3, -0.25) is 0 Å². The molecule has 1 fully saturated rings. The predicted molar refractivity (Wildman–Crippen MR) is 64.2 cm³/mol. The smallest absolute Gasteiger partial charge is 0.128 e. The van der Waals surface area contributed by atoms with E-state index >= 15 is 0 Å². The summed E-state index contributed by atoms with van der Waals surface area (Å²) in [6.07, 6.45) is 0. The Morgan fingerprint density at radius 3 is 2.94 bits per heavy atom. The van der Waals surface area contributed by atoms with E-state index in [2.05, 4.69) is 5.32 Å². The highest BCUT2D eigenvalue weighted by Crippen LogP contribution is 2.31. The number of rotatable bonds is 5. The van der Waals surface area contributed by atoms with E-state index in [1.54, 1.807) is 17.8 Å². The number of thioether (sulfide) groups is 1. The number of nitrogens with one attached hydrogen (secondary N) is 1. The fraction of sp³-hybridized carbons (Fsp3) is 0.500. The zero-order valence-electron chi connectivity index (χ0n) is 9.33. The zero-order valence-corrected chi connectivity index (χ0v) is 10.1. The maximum atomic E-state index is 13.7.